The normalized spacial score (nSPS) is 11.4. The summed E-state index contributed by atoms with van der Waals surface area (Å²) in [5.74, 6) is 1.08. The molecule has 28 heavy (non-hydrogen) atoms. The van der Waals surface area contributed by atoms with Crippen LogP contribution in [0.5, 0.6) is 0 Å². The van der Waals surface area contributed by atoms with Gasteiger partial charge in [-0.15, -0.1) is 0 Å². The van der Waals surface area contributed by atoms with E-state index in [1.165, 1.54) is 5.56 Å². The average Bonchev–Trinajstić information content (AvgIpc) is 3.02. The molecule has 2 aromatic heterocycles. The molecule has 5 N–H and O–H groups in total. The standard InChI is InChI=1S/C22H26N6/c1-2-3-11-25-21-20-19(26-22(24)27-21)17-9-4-5-10-18(17)28(20)14-16-8-6-7-15(12-16)13-23/h4-10,12H,2-3,11,13-14,23H2,1H3,(H3,24,25,26,27). The van der Waals surface area contributed by atoms with Crippen molar-refractivity contribution in [2.24, 2.45) is 5.73 Å². The van der Waals surface area contributed by atoms with E-state index >= 15 is 0 Å². The summed E-state index contributed by atoms with van der Waals surface area (Å²) in [6.45, 7) is 4.28. The van der Waals surface area contributed by atoms with Crippen molar-refractivity contribution < 1.29 is 0 Å². The van der Waals surface area contributed by atoms with E-state index in [2.05, 4.69) is 69.2 Å². The van der Waals surface area contributed by atoms with Crippen molar-refractivity contribution in [3.05, 3.63) is 59.7 Å². The van der Waals surface area contributed by atoms with Gasteiger partial charge in [0.2, 0.25) is 5.95 Å². The number of aromatic nitrogens is 3. The predicted octanol–water partition coefficient (Wildman–Crippen LogP) is 3.89. The van der Waals surface area contributed by atoms with Crippen LogP contribution in [0.1, 0.15) is 30.9 Å². The Kier molecular flexibility index (Phi) is 5.12. The third-order valence-electron chi connectivity index (χ3n) is 5.01. The molecule has 0 aliphatic rings. The molecular weight excluding hydrogens is 348 g/mol. The first-order valence-corrected chi connectivity index (χ1v) is 9.77. The first-order valence-electron chi connectivity index (χ1n) is 9.77. The van der Waals surface area contributed by atoms with Gasteiger partial charge in [-0.05, 0) is 23.6 Å². The van der Waals surface area contributed by atoms with Gasteiger partial charge in [0.25, 0.3) is 0 Å². The number of nitrogens with one attached hydrogen (secondary N) is 1. The maximum Gasteiger partial charge on any atom is 0.222 e. The number of para-hydroxylation sites is 1. The molecule has 0 unspecified atom stereocenters. The second-order valence-corrected chi connectivity index (χ2v) is 7.04. The first-order chi connectivity index (χ1) is 13.7. The second-order valence-electron chi connectivity index (χ2n) is 7.04. The lowest BCUT2D eigenvalue weighted by Crippen LogP contribution is -2.09. The van der Waals surface area contributed by atoms with Crippen molar-refractivity contribution in [1.29, 1.82) is 0 Å². The van der Waals surface area contributed by atoms with Crippen LogP contribution in [0.2, 0.25) is 0 Å². The summed E-state index contributed by atoms with van der Waals surface area (Å²) in [7, 11) is 0. The fourth-order valence-electron chi connectivity index (χ4n) is 3.65. The summed E-state index contributed by atoms with van der Waals surface area (Å²) < 4.78 is 2.27. The SMILES string of the molecule is CCCCNc1nc(N)nc2c3ccccc3n(Cc3cccc(CN)c3)c12. The molecule has 0 bridgehead atoms. The van der Waals surface area contributed by atoms with Gasteiger partial charge in [0.15, 0.2) is 5.82 Å². The number of anilines is 2. The van der Waals surface area contributed by atoms with Crippen LogP contribution in [-0.2, 0) is 13.1 Å². The van der Waals surface area contributed by atoms with E-state index in [1.807, 2.05) is 6.07 Å². The van der Waals surface area contributed by atoms with Gasteiger partial charge in [0.1, 0.15) is 11.0 Å². The van der Waals surface area contributed by atoms with E-state index in [0.717, 1.165) is 52.7 Å². The molecule has 0 aliphatic heterocycles. The highest BCUT2D eigenvalue weighted by molar-refractivity contribution is 6.09. The number of benzene rings is 2. The van der Waals surface area contributed by atoms with Crippen molar-refractivity contribution in [3.63, 3.8) is 0 Å². The number of rotatable bonds is 7. The zero-order valence-corrected chi connectivity index (χ0v) is 16.2. The van der Waals surface area contributed by atoms with Crippen molar-refractivity contribution in [3.8, 4) is 0 Å². The molecule has 144 valence electrons. The molecule has 2 heterocycles. The van der Waals surface area contributed by atoms with Gasteiger partial charge in [-0.25, -0.2) is 4.98 Å². The molecule has 6 heteroatoms. The Morgan fingerprint density at radius 3 is 2.68 bits per heavy atom. The van der Waals surface area contributed by atoms with Crippen molar-refractivity contribution in [2.75, 3.05) is 17.6 Å². The zero-order valence-electron chi connectivity index (χ0n) is 16.2. The summed E-state index contributed by atoms with van der Waals surface area (Å²) in [4.78, 5) is 9.09. The zero-order chi connectivity index (χ0) is 19.5. The summed E-state index contributed by atoms with van der Waals surface area (Å²) in [6.07, 6.45) is 2.19. The van der Waals surface area contributed by atoms with Gasteiger partial charge in [-0.1, -0.05) is 55.8 Å². The number of unbranched alkanes of at least 4 members (excludes halogenated alkanes) is 1. The van der Waals surface area contributed by atoms with E-state index in [0.29, 0.717) is 19.0 Å². The molecule has 0 atom stereocenters. The summed E-state index contributed by atoms with van der Waals surface area (Å²) in [6, 6.07) is 16.7. The van der Waals surface area contributed by atoms with Crippen LogP contribution >= 0.6 is 0 Å². The summed E-state index contributed by atoms with van der Waals surface area (Å²) in [5.41, 5.74) is 17.2. The summed E-state index contributed by atoms with van der Waals surface area (Å²) in [5, 5.41) is 4.55. The number of nitrogens with zero attached hydrogens (tertiary/aromatic N) is 3. The molecule has 0 spiro atoms. The molecule has 0 radical (unpaired) electrons. The topological polar surface area (TPSA) is 94.8 Å². The van der Waals surface area contributed by atoms with Gasteiger partial charge in [0.05, 0.1) is 5.52 Å². The number of nitrogen functional groups attached to an aromatic ring is 1. The summed E-state index contributed by atoms with van der Waals surface area (Å²) >= 11 is 0. The molecule has 6 nitrogen and oxygen atoms in total. The van der Waals surface area contributed by atoms with Crippen molar-refractivity contribution in [1.82, 2.24) is 14.5 Å². The van der Waals surface area contributed by atoms with Crippen LogP contribution in [0.3, 0.4) is 0 Å². The fourth-order valence-corrected chi connectivity index (χ4v) is 3.65. The third-order valence-corrected chi connectivity index (χ3v) is 5.01. The Morgan fingerprint density at radius 2 is 1.86 bits per heavy atom. The van der Waals surface area contributed by atoms with E-state index in [-0.39, 0.29) is 0 Å². The van der Waals surface area contributed by atoms with Crippen LogP contribution in [-0.4, -0.2) is 21.1 Å². The minimum Gasteiger partial charge on any atom is -0.368 e. The molecule has 2 aromatic carbocycles. The highest BCUT2D eigenvalue weighted by Crippen LogP contribution is 2.32. The highest BCUT2D eigenvalue weighted by Gasteiger charge is 2.17. The van der Waals surface area contributed by atoms with Gasteiger partial charge in [-0.2, -0.15) is 4.98 Å². The largest absolute Gasteiger partial charge is 0.368 e. The van der Waals surface area contributed by atoms with Gasteiger partial charge < -0.3 is 21.4 Å². The average molecular weight is 374 g/mol. The molecule has 0 fully saturated rings. The lowest BCUT2D eigenvalue weighted by atomic mass is 10.1. The van der Waals surface area contributed by atoms with E-state index < -0.39 is 0 Å². The molecule has 0 amide bonds. The van der Waals surface area contributed by atoms with E-state index in [1.54, 1.807) is 0 Å². The van der Waals surface area contributed by atoms with E-state index in [9.17, 15) is 0 Å². The minimum absolute atomic E-state index is 0.291. The Bertz CT molecular complexity index is 1110. The maximum atomic E-state index is 6.03. The Labute approximate surface area is 164 Å². The number of hydrogen-bond acceptors (Lipinski definition) is 5. The molecule has 0 aliphatic carbocycles. The molecule has 4 rings (SSSR count). The smallest absolute Gasteiger partial charge is 0.222 e. The van der Waals surface area contributed by atoms with Crippen LogP contribution in [0.25, 0.3) is 21.9 Å². The predicted molar refractivity (Wildman–Crippen MR) is 116 cm³/mol. The Hall–Kier alpha value is -3.12. The van der Waals surface area contributed by atoms with Gasteiger partial charge in [-0.3, -0.25) is 0 Å². The molecular formula is C22H26N6. The maximum absolute atomic E-state index is 6.03. The van der Waals surface area contributed by atoms with E-state index in [4.69, 9.17) is 11.5 Å². The quantitative estimate of drug-likeness (QED) is 0.427. The Morgan fingerprint density at radius 1 is 1.04 bits per heavy atom. The second kappa shape index (κ2) is 7.86. The van der Waals surface area contributed by atoms with Crippen LogP contribution in [0.4, 0.5) is 11.8 Å². The van der Waals surface area contributed by atoms with Crippen LogP contribution in [0, 0.1) is 0 Å². The van der Waals surface area contributed by atoms with Gasteiger partial charge in [0, 0.05) is 25.0 Å². The molecule has 0 saturated carbocycles. The highest BCUT2D eigenvalue weighted by atomic mass is 15.1. The van der Waals surface area contributed by atoms with Crippen molar-refractivity contribution >= 4 is 33.7 Å². The molecule has 4 aromatic rings. The minimum atomic E-state index is 0.291. The Balaban J connectivity index is 1.91. The van der Waals surface area contributed by atoms with Crippen molar-refractivity contribution in [2.45, 2.75) is 32.9 Å². The number of hydrogen-bond donors (Lipinski definition) is 3. The monoisotopic (exact) mass is 374 g/mol. The number of fused-ring (bicyclic) bond motifs is 3. The van der Waals surface area contributed by atoms with Gasteiger partial charge >= 0.3 is 0 Å². The first kappa shape index (κ1) is 18.3. The van der Waals surface area contributed by atoms with Crippen LogP contribution in [0.15, 0.2) is 48.5 Å². The lowest BCUT2D eigenvalue weighted by Gasteiger charge is -2.12. The van der Waals surface area contributed by atoms with Crippen LogP contribution < -0.4 is 16.8 Å². The fraction of sp³-hybridized carbons (Fsp3) is 0.273. The lowest BCUT2D eigenvalue weighted by molar-refractivity contribution is 0.826. The molecule has 0 saturated heterocycles. The number of nitrogens with two attached hydrogens (primary N) is 2. The third kappa shape index (κ3) is 3.39.